The van der Waals surface area contributed by atoms with Gasteiger partial charge in [0.2, 0.25) is 11.8 Å². The van der Waals surface area contributed by atoms with E-state index in [1.54, 1.807) is 0 Å². The van der Waals surface area contributed by atoms with Gasteiger partial charge in [-0.2, -0.15) is 0 Å². The predicted octanol–water partition coefficient (Wildman–Crippen LogP) is 3.50. The van der Waals surface area contributed by atoms with E-state index < -0.39 is 0 Å². The number of hydrogen-bond donors (Lipinski definition) is 1. The summed E-state index contributed by atoms with van der Waals surface area (Å²) in [5, 5.41) is 3.18. The van der Waals surface area contributed by atoms with Gasteiger partial charge in [-0.3, -0.25) is 9.59 Å². The normalized spacial score (nSPS) is 39.2. The molecule has 1 aliphatic heterocycles. The molecular weight excluding hydrogens is 312 g/mol. The van der Waals surface area contributed by atoms with E-state index in [-0.39, 0.29) is 23.4 Å². The Balaban J connectivity index is 1.48. The van der Waals surface area contributed by atoms with Crippen LogP contribution in [0.5, 0.6) is 0 Å². The fourth-order valence-corrected chi connectivity index (χ4v) is 6.75. The maximum atomic E-state index is 13.6. The molecule has 0 aromatic heterocycles. The van der Waals surface area contributed by atoms with Gasteiger partial charge in [0.15, 0.2) is 0 Å². The van der Waals surface area contributed by atoms with Gasteiger partial charge in [-0.05, 0) is 82.0 Å². The summed E-state index contributed by atoms with van der Waals surface area (Å²) in [5.41, 5.74) is -0.119. The van der Waals surface area contributed by atoms with E-state index in [0.29, 0.717) is 5.91 Å². The second-order valence-corrected chi connectivity index (χ2v) is 9.38. The molecular formula is C21H34N2O2. The number of nitrogens with zero attached hydrogens (tertiary/aromatic N) is 1. The summed E-state index contributed by atoms with van der Waals surface area (Å²) in [5.74, 6) is 2.73. The molecule has 5 aliphatic rings. The molecule has 4 saturated carbocycles. The van der Waals surface area contributed by atoms with Gasteiger partial charge >= 0.3 is 0 Å². The molecule has 0 aromatic rings. The molecule has 25 heavy (non-hydrogen) atoms. The van der Waals surface area contributed by atoms with Crippen LogP contribution in [-0.4, -0.2) is 35.3 Å². The highest BCUT2D eigenvalue weighted by molar-refractivity contribution is 5.91. The molecule has 2 amide bonds. The number of nitrogens with one attached hydrogen (secondary N) is 1. The first-order valence-corrected chi connectivity index (χ1v) is 10.7. The van der Waals surface area contributed by atoms with Crippen molar-refractivity contribution in [1.29, 1.82) is 0 Å². The van der Waals surface area contributed by atoms with Gasteiger partial charge in [0.05, 0.1) is 5.41 Å². The van der Waals surface area contributed by atoms with Crippen LogP contribution in [0.3, 0.4) is 0 Å². The SMILES string of the molecule is CCC(CC)NC(=O)C1CCCN1C(=O)C12CC3CC(CC(C3)C1)C2. The monoisotopic (exact) mass is 346 g/mol. The molecule has 1 N–H and O–H groups in total. The highest BCUT2D eigenvalue weighted by Gasteiger charge is 2.56. The molecule has 5 rings (SSSR count). The largest absolute Gasteiger partial charge is 0.352 e. The van der Waals surface area contributed by atoms with Crippen molar-refractivity contribution in [1.82, 2.24) is 10.2 Å². The number of hydrogen-bond acceptors (Lipinski definition) is 2. The lowest BCUT2D eigenvalue weighted by Gasteiger charge is -2.56. The Kier molecular flexibility index (Phi) is 4.57. The van der Waals surface area contributed by atoms with Gasteiger partial charge in [0.25, 0.3) is 0 Å². The van der Waals surface area contributed by atoms with E-state index in [9.17, 15) is 9.59 Å². The molecule has 0 aromatic carbocycles. The Labute approximate surface area is 152 Å². The summed E-state index contributed by atoms with van der Waals surface area (Å²) in [6.45, 7) is 5.00. The van der Waals surface area contributed by atoms with E-state index >= 15 is 0 Å². The van der Waals surface area contributed by atoms with E-state index in [1.165, 1.54) is 19.3 Å². The first-order valence-electron chi connectivity index (χ1n) is 10.7. The van der Waals surface area contributed by atoms with Gasteiger partial charge in [-0.25, -0.2) is 0 Å². The van der Waals surface area contributed by atoms with Crippen LogP contribution in [0.15, 0.2) is 0 Å². The van der Waals surface area contributed by atoms with Gasteiger partial charge < -0.3 is 10.2 Å². The fraction of sp³-hybridized carbons (Fsp3) is 0.905. The Morgan fingerprint density at radius 3 is 2.12 bits per heavy atom. The number of likely N-dealkylation sites (tertiary alicyclic amines) is 1. The molecule has 4 nitrogen and oxygen atoms in total. The second-order valence-electron chi connectivity index (χ2n) is 9.38. The maximum Gasteiger partial charge on any atom is 0.243 e. The topological polar surface area (TPSA) is 49.4 Å². The van der Waals surface area contributed by atoms with Crippen molar-refractivity contribution in [2.75, 3.05) is 6.54 Å². The minimum absolute atomic E-state index is 0.0873. The van der Waals surface area contributed by atoms with E-state index in [1.807, 2.05) is 4.90 Å². The fourth-order valence-electron chi connectivity index (χ4n) is 6.75. The molecule has 1 atom stereocenters. The lowest BCUT2D eigenvalue weighted by Crippen LogP contribution is -2.57. The number of rotatable bonds is 5. The van der Waals surface area contributed by atoms with Gasteiger partial charge in [-0.15, -0.1) is 0 Å². The van der Waals surface area contributed by atoms with E-state index in [0.717, 1.165) is 69.2 Å². The molecule has 0 radical (unpaired) electrons. The average Bonchev–Trinajstić information content (AvgIpc) is 3.07. The Morgan fingerprint density at radius 1 is 1.04 bits per heavy atom. The lowest BCUT2D eigenvalue weighted by atomic mass is 9.49. The Morgan fingerprint density at radius 2 is 1.60 bits per heavy atom. The molecule has 1 unspecified atom stereocenters. The van der Waals surface area contributed by atoms with Crippen LogP contribution in [-0.2, 0) is 9.59 Å². The molecule has 4 heteroatoms. The first kappa shape index (κ1) is 17.4. The van der Waals surface area contributed by atoms with Gasteiger partial charge in [0.1, 0.15) is 6.04 Å². The van der Waals surface area contributed by atoms with E-state index in [2.05, 4.69) is 19.2 Å². The summed E-state index contributed by atoms with van der Waals surface area (Å²) in [4.78, 5) is 28.4. The van der Waals surface area contributed by atoms with Crippen molar-refractivity contribution in [3.63, 3.8) is 0 Å². The van der Waals surface area contributed by atoms with Gasteiger partial charge in [0, 0.05) is 12.6 Å². The highest BCUT2D eigenvalue weighted by atomic mass is 16.2. The van der Waals surface area contributed by atoms with Crippen molar-refractivity contribution < 1.29 is 9.59 Å². The standard InChI is InChI=1S/C21H34N2O2/c1-3-17(4-2)22-19(24)18-6-5-7-23(18)20(25)21-11-14-8-15(12-21)10-16(9-14)13-21/h14-18H,3-13H2,1-2H3,(H,22,24). The molecule has 1 saturated heterocycles. The summed E-state index contributed by atoms with van der Waals surface area (Å²) in [6, 6.07) is 0.0192. The number of amides is 2. The van der Waals surface area contributed by atoms with Crippen molar-refractivity contribution >= 4 is 11.8 Å². The minimum atomic E-state index is -0.221. The van der Waals surface area contributed by atoms with Crippen LogP contribution in [0.2, 0.25) is 0 Å². The third kappa shape index (κ3) is 3.00. The van der Waals surface area contributed by atoms with Crippen LogP contribution < -0.4 is 5.32 Å². The quantitative estimate of drug-likeness (QED) is 0.828. The maximum absolute atomic E-state index is 13.6. The molecule has 4 aliphatic carbocycles. The Hall–Kier alpha value is -1.06. The molecule has 4 bridgehead atoms. The summed E-state index contributed by atoms with van der Waals surface area (Å²) < 4.78 is 0. The minimum Gasteiger partial charge on any atom is -0.352 e. The lowest BCUT2D eigenvalue weighted by molar-refractivity contribution is -0.160. The number of carbonyl (C=O) groups excluding carboxylic acids is 2. The Bertz CT molecular complexity index is 505. The highest BCUT2D eigenvalue weighted by Crippen LogP contribution is 2.60. The van der Waals surface area contributed by atoms with Crippen LogP contribution in [0, 0.1) is 23.2 Å². The summed E-state index contributed by atoms with van der Waals surface area (Å²) in [6.07, 6.45) is 11.1. The average molecular weight is 347 g/mol. The van der Waals surface area contributed by atoms with Gasteiger partial charge in [-0.1, -0.05) is 13.8 Å². The molecule has 1 heterocycles. The summed E-state index contributed by atoms with van der Waals surface area (Å²) in [7, 11) is 0. The second kappa shape index (κ2) is 6.59. The molecule has 140 valence electrons. The van der Waals surface area contributed by atoms with Crippen molar-refractivity contribution in [3.8, 4) is 0 Å². The van der Waals surface area contributed by atoms with Crippen LogP contribution >= 0.6 is 0 Å². The van der Waals surface area contributed by atoms with Crippen LogP contribution in [0.4, 0.5) is 0 Å². The predicted molar refractivity (Wildman–Crippen MR) is 97.9 cm³/mol. The molecule has 0 spiro atoms. The summed E-state index contributed by atoms with van der Waals surface area (Å²) >= 11 is 0. The van der Waals surface area contributed by atoms with E-state index in [4.69, 9.17) is 0 Å². The van der Waals surface area contributed by atoms with Crippen molar-refractivity contribution in [2.24, 2.45) is 23.2 Å². The third-order valence-corrected chi connectivity index (χ3v) is 7.64. The van der Waals surface area contributed by atoms with Crippen molar-refractivity contribution in [2.45, 2.75) is 90.1 Å². The first-order chi connectivity index (χ1) is 12.0. The molecule has 5 fully saturated rings. The zero-order chi connectivity index (χ0) is 17.6. The number of carbonyl (C=O) groups is 2. The zero-order valence-corrected chi connectivity index (χ0v) is 15.9. The van der Waals surface area contributed by atoms with Crippen LogP contribution in [0.25, 0.3) is 0 Å². The van der Waals surface area contributed by atoms with Crippen molar-refractivity contribution in [3.05, 3.63) is 0 Å². The smallest absolute Gasteiger partial charge is 0.243 e. The zero-order valence-electron chi connectivity index (χ0n) is 15.9. The third-order valence-electron chi connectivity index (χ3n) is 7.64. The van der Waals surface area contributed by atoms with Crippen LogP contribution in [0.1, 0.15) is 78.1 Å².